The van der Waals surface area contributed by atoms with E-state index in [4.69, 9.17) is 4.99 Å². The fraction of sp³-hybridized carbons (Fsp3) is 0.500. The van der Waals surface area contributed by atoms with Crippen LogP contribution in [0.25, 0.3) is 0 Å². The number of carbonyl (C=O) groups excluding carboxylic acids is 1. The predicted octanol–water partition coefficient (Wildman–Crippen LogP) is 2.18. The lowest BCUT2D eigenvalue weighted by Gasteiger charge is -2.34. The van der Waals surface area contributed by atoms with Gasteiger partial charge in [0.05, 0.1) is 6.54 Å². The monoisotopic (exact) mass is 437 g/mol. The quantitative estimate of drug-likeness (QED) is 0.504. The molecule has 0 radical (unpaired) electrons. The Bertz CT molecular complexity index is 862. The van der Waals surface area contributed by atoms with Crippen LogP contribution in [0, 0.1) is 0 Å². The van der Waals surface area contributed by atoms with E-state index in [2.05, 4.69) is 63.2 Å². The first kappa shape index (κ1) is 23.5. The third-order valence-electron chi connectivity index (χ3n) is 5.60. The number of hydrogen-bond donors (Lipinski definition) is 1. The van der Waals surface area contributed by atoms with Crippen molar-refractivity contribution in [2.45, 2.75) is 33.2 Å². The molecule has 172 valence electrons. The smallest absolute Gasteiger partial charge is 0.225 e. The molecule has 8 heteroatoms. The minimum Gasteiger partial charge on any atom is -0.357 e. The van der Waals surface area contributed by atoms with Crippen molar-refractivity contribution in [2.24, 2.45) is 4.99 Å². The van der Waals surface area contributed by atoms with Crippen LogP contribution < -0.4 is 10.2 Å². The van der Waals surface area contributed by atoms with Crippen molar-refractivity contribution >= 4 is 17.8 Å². The van der Waals surface area contributed by atoms with Crippen LogP contribution in [0.3, 0.4) is 0 Å². The molecule has 1 fully saturated rings. The van der Waals surface area contributed by atoms with E-state index in [9.17, 15) is 4.79 Å². The van der Waals surface area contributed by atoms with Crippen molar-refractivity contribution < 1.29 is 4.79 Å². The highest BCUT2D eigenvalue weighted by molar-refractivity contribution is 5.81. The minimum atomic E-state index is 0.149. The summed E-state index contributed by atoms with van der Waals surface area (Å²) in [6.45, 7) is 9.13. The van der Waals surface area contributed by atoms with Crippen LogP contribution in [-0.4, -0.2) is 78.0 Å². The lowest BCUT2D eigenvalue weighted by atomic mass is 10.1. The first-order valence-electron chi connectivity index (χ1n) is 11.5. The van der Waals surface area contributed by atoms with Gasteiger partial charge in [0.1, 0.15) is 0 Å². The Kier molecular flexibility index (Phi) is 8.83. The van der Waals surface area contributed by atoms with Crippen molar-refractivity contribution in [3.05, 3.63) is 53.9 Å². The van der Waals surface area contributed by atoms with Crippen LogP contribution in [-0.2, 0) is 17.8 Å². The number of aliphatic imine (C=N–C) groups is 1. The molecule has 3 rings (SSSR count). The van der Waals surface area contributed by atoms with Gasteiger partial charge in [-0.2, -0.15) is 0 Å². The molecule has 0 spiro atoms. The molecular weight excluding hydrogens is 402 g/mol. The Hall–Kier alpha value is -3.16. The number of hydrogen-bond acceptors (Lipinski definition) is 5. The number of nitrogens with one attached hydrogen (secondary N) is 1. The second kappa shape index (κ2) is 12.0. The van der Waals surface area contributed by atoms with Crippen LogP contribution in [0.15, 0.2) is 47.7 Å². The van der Waals surface area contributed by atoms with Crippen molar-refractivity contribution in [3.8, 4) is 0 Å². The first-order chi connectivity index (χ1) is 15.6. The van der Waals surface area contributed by atoms with E-state index in [0.717, 1.165) is 44.5 Å². The predicted molar refractivity (Wildman–Crippen MR) is 129 cm³/mol. The molecule has 1 aliphatic heterocycles. The number of amides is 1. The van der Waals surface area contributed by atoms with Gasteiger partial charge < -0.3 is 20.0 Å². The van der Waals surface area contributed by atoms with Gasteiger partial charge in [0.15, 0.2) is 5.96 Å². The number of carbonyl (C=O) groups is 1. The molecule has 8 nitrogen and oxygen atoms in total. The molecule has 0 bridgehead atoms. The average molecular weight is 438 g/mol. The van der Waals surface area contributed by atoms with E-state index >= 15 is 0 Å². The van der Waals surface area contributed by atoms with Gasteiger partial charge in [-0.15, -0.1) is 0 Å². The van der Waals surface area contributed by atoms with Crippen LogP contribution in [0.4, 0.5) is 5.95 Å². The van der Waals surface area contributed by atoms with E-state index in [0.29, 0.717) is 26.1 Å². The SMILES string of the molecule is CCNC(=NCCC(=O)N1CCN(c2ncccn2)CC1)N(C)Cc1ccc(CC)cc1. The second-order valence-corrected chi connectivity index (χ2v) is 7.93. The summed E-state index contributed by atoms with van der Waals surface area (Å²) in [5.74, 6) is 1.70. The summed E-state index contributed by atoms with van der Waals surface area (Å²) in [6.07, 6.45) is 4.95. The minimum absolute atomic E-state index is 0.149. The number of anilines is 1. The molecule has 0 saturated carbocycles. The Morgan fingerprint density at radius 1 is 1.06 bits per heavy atom. The third kappa shape index (κ3) is 6.67. The molecule has 2 heterocycles. The van der Waals surface area contributed by atoms with Gasteiger partial charge in [0.2, 0.25) is 11.9 Å². The Labute approximate surface area is 191 Å². The van der Waals surface area contributed by atoms with E-state index in [1.54, 1.807) is 12.4 Å². The van der Waals surface area contributed by atoms with Gasteiger partial charge in [0.25, 0.3) is 0 Å². The zero-order valence-electron chi connectivity index (χ0n) is 19.5. The van der Waals surface area contributed by atoms with Crippen molar-refractivity contribution in [3.63, 3.8) is 0 Å². The second-order valence-electron chi connectivity index (χ2n) is 7.93. The van der Waals surface area contributed by atoms with Gasteiger partial charge in [0, 0.05) is 65.1 Å². The lowest BCUT2D eigenvalue weighted by molar-refractivity contribution is -0.131. The number of guanidine groups is 1. The van der Waals surface area contributed by atoms with Crippen molar-refractivity contribution in [1.82, 2.24) is 25.1 Å². The number of aryl methyl sites for hydroxylation is 1. The zero-order valence-corrected chi connectivity index (χ0v) is 19.5. The zero-order chi connectivity index (χ0) is 22.8. The highest BCUT2D eigenvalue weighted by atomic mass is 16.2. The van der Waals surface area contributed by atoms with Crippen LogP contribution in [0.2, 0.25) is 0 Å². The largest absolute Gasteiger partial charge is 0.357 e. The van der Waals surface area contributed by atoms with Gasteiger partial charge in [-0.05, 0) is 30.5 Å². The maximum atomic E-state index is 12.7. The molecule has 1 amide bonds. The number of aromatic nitrogens is 2. The summed E-state index contributed by atoms with van der Waals surface area (Å²) in [5.41, 5.74) is 2.58. The Morgan fingerprint density at radius 3 is 2.34 bits per heavy atom. The normalized spacial score (nSPS) is 14.4. The summed E-state index contributed by atoms with van der Waals surface area (Å²) in [6, 6.07) is 10.5. The van der Waals surface area contributed by atoms with Gasteiger partial charge in [-0.1, -0.05) is 31.2 Å². The van der Waals surface area contributed by atoms with Gasteiger partial charge >= 0.3 is 0 Å². The van der Waals surface area contributed by atoms with Gasteiger partial charge in [-0.3, -0.25) is 9.79 Å². The maximum Gasteiger partial charge on any atom is 0.225 e. The Morgan fingerprint density at radius 2 is 1.72 bits per heavy atom. The highest BCUT2D eigenvalue weighted by Gasteiger charge is 2.22. The molecule has 0 aliphatic carbocycles. The fourth-order valence-corrected chi connectivity index (χ4v) is 3.72. The fourth-order valence-electron chi connectivity index (χ4n) is 3.72. The maximum absolute atomic E-state index is 12.7. The summed E-state index contributed by atoms with van der Waals surface area (Å²) < 4.78 is 0. The van der Waals surface area contributed by atoms with Crippen molar-refractivity contribution in [2.75, 3.05) is 51.2 Å². The Balaban J connectivity index is 1.47. The summed E-state index contributed by atoms with van der Waals surface area (Å²) in [4.78, 5) is 32.1. The summed E-state index contributed by atoms with van der Waals surface area (Å²) >= 11 is 0. The molecule has 2 aromatic rings. The first-order valence-corrected chi connectivity index (χ1v) is 11.5. The van der Waals surface area contributed by atoms with Gasteiger partial charge in [-0.25, -0.2) is 9.97 Å². The standard InChI is InChI=1S/C24H35N7O/c1-4-20-7-9-21(10-8-20)19-29(3)23(25-5-2)28-14-11-22(32)30-15-17-31(18-16-30)24-26-12-6-13-27-24/h6-10,12-13H,4-5,11,14-19H2,1-3H3,(H,25,28). The van der Waals surface area contributed by atoms with Crippen LogP contribution in [0.5, 0.6) is 0 Å². The lowest BCUT2D eigenvalue weighted by Crippen LogP contribution is -2.49. The topological polar surface area (TPSA) is 77.0 Å². The third-order valence-corrected chi connectivity index (χ3v) is 5.60. The average Bonchev–Trinajstić information content (AvgIpc) is 2.84. The van der Waals surface area contributed by atoms with Crippen LogP contribution >= 0.6 is 0 Å². The van der Waals surface area contributed by atoms with E-state index < -0.39 is 0 Å². The molecule has 0 unspecified atom stereocenters. The molecule has 32 heavy (non-hydrogen) atoms. The number of benzene rings is 1. The molecular formula is C24H35N7O. The summed E-state index contributed by atoms with van der Waals surface area (Å²) in [7, 11) is 2.03. The number of piperazine rings is 1. The molecule has 0 atom stereocenters. The molecule has 1 aromatic heterocycles. The van der Waals surface area contributed by atoms with E-state index in [-0.39, 0.29) is 5.91 Å². The molecule has 1 aliphatic rings. The highest BCUT2D eigenvalue weighted by Crippen LogP contribution is 2.11. The molecule has 1 aromatic carbocycles. The van der Waals surface area contributed by atoms with Crippen LogP contribution in [0.1, 0.15) is 31.4 Å². The van der Waals surface area contributed by atoms with E-state index in [1.165, 1.54) is 11.1 Å². The number of nitrogens with zero attached hydrogens (tertiary/aromatic N) is 6. The summed E-state index contributed by atoms with van der Waals surface area (Å²) in [5, 5.41) is 3.33. The molecule has 1 saturated heterocycles. The van der Waals surface area contributed by atoms with Crippen molar-refractivity contribution in [1.29, 1.82) is 0 Å². The number of rotatable bonds is 8. The van der Waals surface area contributed by atoms with E-state index in [1.807, 2.05) is 18.0 Å². The molecule has 1 N–H and O–H groups in total.